The molecule has 0 aliphatic heterocycles. The third kappa shape index (κ3) is 5.10. The Morgan fingerprint density at radius 3 is 2.47 bits per heavy atom. The molecule has 1 heterocycles. The number of pyridine rings is 1. The van der Waals surface area contributed by atoms with Gasteiger partial charge in [-0.05, 0) is 49.1 Å². The first-order chi connectivity index (χ1) is 14.2. The Morgan fingerprint density at radius 2 is 1.80 bits per heavy atom. The molecule has 0 aliphatic carbocycles. The van der Waals surface area contributed by atoms with E-state index < -0.39 is 29.0 Å². The zero-order valence-corrected chi connectivity index (χ0v) is 16.8. The number of alkyl halides is 3. The number of nitrogens with zero attached hydrogens (tertiary/aromatic N) is 1. The zero-order chi connectivity index (χ0) is 21.9. The second-order valence-corrected chi connectivity index (χ2v) is 7.27. The molecule has 0 bridgehead atoms. The quantitative estimate of drug-likeness (QED) is 0.367. The van der Waals surface area contributed by atoms with E-state index >= 15 is 0 Å². The molecule has 1 aromatic heterocycles. The number of carbonyl (C=O) groups is 1. The van der Waals surface area contributed by atoms with Crippen LogP contribution in [0.3, 0.4) is 0 Å². The maximum absolute atomic E-state index is 13.7. The Labute approximate surface area is 174 Å². The van der Waals surface area contributed by atoms with E-state index in [0.29, 0.717) is 18.0 Å². The normalized spacial score (nSPS) is 11.3. The van der Waals surface area contributed by atoms with Crippen LogP contribution in [-0.2, 0) is 6.18 Å². The Bertz CT molecular complexity index is 1090. The second kappa shape index (κ2) is 8.74. The number of benzene rings is 2. The minimum atomic E-state index is -4.77. The molecule has 0 saturated heterocycles. The van der Waals surface area contributed by atoms with Gasteiger partial charge in [0, 0.05) is 22.3 Å². The molecular formula is C21H17F4N3OS. The van der Waals surface area contributed by atoms with Crippen LogP contribution >= 0.6 is 11.8 Å². The summed E-state index contributed by atoms with van der Waals surface area (Å²) in [4.78, 5) is 17.6. The van der Waals surface area contributed by atoms with Gasteiger partial charge in [0.15, 0.2) is 5.82 Å². The molecule has 0 atom stereocenters. The van der Waals surface area contributed by atoms with Gasteiger partial charge in [-0.25, -0.2) is 9.37 Å². The molecule has 0 unspecified atom stereocenters. The van der Waals surface area contributed by atoms with E-state index in [1.807, 2.05) is 37.4 Å². The number of nitrogens with one attached hydrogen (secondary N) is 2. The maximum atomic E-state index is 13.7. The molecule has 0 spiro atoms. The highest BCUT2D eigenvalue weighted by Crippen LogP contribution is 2.32. The largest absolute Gasteiger partial charge is 0.416 e. The minimum Gasteiger partial charge on any atom is -0.338 e. The average Bonchev–Trinajstić information content (AvgIpc) is 2.69. The molecule has 3 rings (SSSR count). The predicted molar refractivity (Wildman–Crippen MR) is 110 cm³/mol. The van der Waals surface area contributed by atoms with Gasteiger partial charge < -0.3 is 10.6 Å². The molecule has 0 aliphatic rings. The van der Waals surface area contributed by atoms with E-state index in [1.165, 1.54) is 11.8 Å². The number of hydrogen-bond donors (Lipinski definition) is 2. The number of para-hydroxylation sites is 1. The third-order valence-corrected chi connectivity index (χ3v) is 4.93. The summed E-state index contributed by atoms with van der Waals surface area (Å²) in [5.74, 6) is -1.72. The Kier molecular flexibility index (Phi) is 6.31. The van der Waals surface area contributed by atoms with Crippen LogP contribution in [0.1, 0.15) is 21.5 Å². The first-order valence-electron chi connectivity index (χ1n) is 8.73. The molecule has 0 saturated carbocycles. The number of amides is 1. The third-order valence-electron chi connectivity index (χ3n) is 4.23. The fourth-order valence-electron chi connectivity index (χ4n) is 2.67. The molecule has 3 aromatic rings. The fraction of sp³-hybridized carbons (Fsp3) is 0.143. The summed E-state index contributed by atoms with van der Waals surface area (Å²) < 4.78 is 52.6. The van der Waals surface area contributed by atoms with Crippen LogP contribution in [-0.4, -0.2) is 17.1 Å². The maximum Gasteiger partial charge on any atom is 0.416 e. The van der Waals surface area contributed by atoms with E-state index in [-0.39, 0.29) is 5.69 Å². The smallest absolute Gasteiger partial charge is 0.338 e. The van der Waals surface area contributed by atoms with Gasteiger partial charge in [-0.1, -0.05) is 18.2 Å². The minimum absolute atomic E-state index is 0.257. The van der Waals surface area contributed by atoms with Crippen LogP contribution in [0, 0.1) is 12.7 Å². The van der Waals surface area contributed by atoms with Crippen molar-refractivity contribution in [1.82, 2.24) is 4.98 Å². The number of aromatic nitrogens is 1. The SMILES string of the molecule is CSc1cnc(Nc2ccccc2C)c(NC(=O)c2cc(F)cc(C(F)(F)F)c2)c1. The number of carbonyl (C=O) groups excluding carboxylic acids is 1. The summed E-state index contributed by atoms with van der Waals surface area (Å²) in [6.45, 7) is 1.89. The van der Waals surface area contributed by atoms with E-state index in [4.69, 9.17) is 0 Å². The molecule has 0 radical (unpaired) electrons. The van der Waals surface area contributed by atoms with Crippen LogP contribution in [0.5, 0.6) is 0 Å². The van der Waals surface area contributed by atoms with Crippen molar-refractivity contribution in [2.45, 2.75) is 18.0 Å². The Hall–Kier alpha value is -3.07. The lowest BCUT2D eigenvalue weighted by Gasteiger charge is -2.15. The van der Waals surface area contributed by atoms with Gasteiger partial charge >= 0.3 is 6.18 Å². The van der Waals surface area contributed by atoms with E-state index in [2.05, 4.69) is 15.6 Å². The number of hydrogen-bond acceptors (Lipinski definition) is 4. The van der Waals surface area contributed by atoms with Gasteiger partial charge in [-0.3, -0.25) is 4.79 Å². The summed E-state index contributed by atoms with van der Waals surface area (Å²) in [7, 11) is 0. The van der Waals surface area contributed by atoms with Crippen molar-refractivity contribution in [2.24, 2.45) is 0 Å². The molecule has 4 nitrogen and oxygen atoms in total. The monoisotopic (exact) mass is 435 g/mol. The van der Waals surface area contributed by atoms with Gasteiger partial charge in [0.2, 0.25) is 0 Å². The second-order valence-electron chi connectivity index (χ2n) is 6.39. The average molecular weight is 435 g/mol. The number of halogens is 4. The van der Waals surface area contributed by atoms with Crippen LogP contribution < -0.4 is 10.6 Å². The molecule has 30 heavy (non-hydrogen) atoms. The van der Waals surface area contributed by atoms with Crippen molar-refractivity contribution in [3.8, 4) is 0 Å². The topological polar surface area (TPSA) is 54.0 Å². The molecule has 156 valence electrons. The van der Waals surface area contributed by atoms with Crippen molar-refractivity contribution >= 4 is 34.9 Å². The lowest BCUT2D eigenvalue weighted by Crippen LogP contribution is -2.16. The standard InChI is InChI=1S/C21H17F4N3OS/c1-12-5-3-4-6-17(12)27-19-18(10-16(30-2)11-26-19)28-20(29)13-7-14(21(23,24)25)9-15(22)8-13/h3-11H,1-2H3,(H,26,27)(H,28,29). The predicted octanol–water partition coefficient (Wildman–Crippen LogP) is 6.27. The van der Waals surface area contributed by atoms with Crippen LogP contribution in [0.25, 0.3) is 0 Å². The number of aryl methyl sites for hydroxylation is 1. The molecular weight excluding hydrogens is 418 g/mol. The molecule has 1 amide bonds. The fourth-order valence-corrected chi connectivity index (χ4v) is 3.07. The first-order valence-corrected chi connectivity index (χ1v) is 9.95. The van der Waals surface area contributed by atoms with Crippen LogP contribution in [0.15, 0.2) is 59.6 Å². The van der Waals surface area contributed by atoms with E-state index in [9.17, 15) is 22.4 Å². The van der Waals surface area contributed by atoms with Gasteiger partial charge in [-0.15, -0.1) is 11.8 Å². The highest BCUT2D eigenvalue weighted by molar-refractivity contribution is 7.98. The molecule has 2 aromatic carbocycles. The first kappa shape index (κ1) is 21.6. The highest BCUT2D eigenvalue weighted by Gasteiger charge is 2.32. The van der Waals surface area contributed by atoms with Crippen LogP contribution in [0.2, 0.25) is 0 Å². The number of rotatable bonds is 5. The van der Waals surface area contributed by atoms with Crippen molar-refractivity contribution < 1.29 is 22.4 Å². The van der Waals surface area contributed by atoms with Crippen molar-refractivity contribution in [3.05, 3.63) is 77.2 Å². The summed E-state index contributed by atoms with van der Waals surface area (Å²) in [6, 6.07) is 10.8. The number of thioether (sulfide) groups is 1. The lowest BCUT2D eigenvalue weighted by atomic mass is 10.1. The zero-order valence-electron chi connectivity index (χ0n) is 16.0. The van der Waals surface area contributed by atoms with Gasteiger partial charge in [-0.2, -0.15) is 13.2 Å². The molecule has 2 N–H and O–H groups in total. The molecule has 0 fully saturated rings. The summed E-state index contributed by atoms with van der Waals surface area (Å²) in [5.41, 5.74) is 0.265. The summed E-state index contributed by atoms with van der Waals surface area (Å²) >= 11 is 1.38. The van der Waals surface area contributed by atoms with Crippen LogP contribution in [0.4, 0.5) is 34.8 Å². The molecule has 9 heteroatoms. The Balaban J connectivity index is 1.95. The van der Waals surface area contributed by atoms with E-state index in [1.54, 1.807) is 12.3 Å². The van der Waals surface area contributed by atoms with Gasteiger partial charge in [0.05, 0.1) is 11.3 Å². The lowest BCUT2D eigenvalue weighted by molar-refractivity contribution is -0.137. The van der Waals surface area contributed by atoms with Crippen molar-refractivity contribution in [2.75, 3.05) is 16.9 Å². The van der Waals surface area contributed by atoms with E-state index in [0.717, 1.165) is 22.2 Å². The summed E-state index contributed by atoms with van der Waals surface area (Å²) in [6.07, 6.45) is -1.35. The Morgan fingerprint density at radius 1 is 1.07 bits per heavy atom. The van der Waals surface area contributed by atoms with Gasteiger partial charge in [0.1, 0.15) is 5.82 Å². The van der Waals surface area contributed by atoms with Gasteiger partial charge in [0.25, 0.3) is 5.91 Å². The van der Waals surface area contributed by atoms with Crippen molar-refractivity contribution in [3.63, 3.8) is 0 Å². The van der Waals surface area contributed by atoms with Crippen molar-refractivity contribution in [1.29, 1.82) is 0 Å². The summed E-state index contributed by atoms with van der Waals surface area (Å²) in [5, 5.41) is 5.64. The number of anilines is 3. The highest BCUT2D eigenvalue weighted by atomic mass is 32.2.